The van der Waals surface area contributed by atoms with Crippen LogP contribution in [0.15, 0.2) is 11.1 Å². The van der Waals surface area contributed by atoms with Crippen LogP contribution in [-0.2, 0) is 28.7 Å². The lowest BCUT2D eigenvalue weighted by Crippen LogP contribution is -2.19. The third kappa shape index (κ3) is 8.92. The molecule has 8 nitrogen and oxygen atoms in total. The van der Waals surface area contributed by atoms with Gasteiger partial charge in [-0.25, -0.2) is 9.59 Å². The first-order chi connectivity index (χ1) is 11.3. The predicted octanol–water partition coefficient (Wildman–Crippen LogP) is 1.92. The Hall–Kier alpha value is -2.38. The van der Waals surface area contributed by atoms with Crippen molar-refractivity contribution < 1.29 is 38.9 Å². The van der Waals surface area contributed by atoms with E-state index in [0.717, 1.165) is 12.8 Å². The monoisotopic (exact) mass is 344 g/mol. The fourth-order valence-corrected chi connectivity index (χ4v) is 1.67. The molecule has 0 saturated carbocycles. The average molecular weight is 344 g/mol. The molecule has 0 aliphatic carbocycles. The summed E-state index contributed by atoms with van der Waals surface area (Å²) in [5.74, 6) is -4.86. The maximum Gasteiger partial charge on any atom is 0.332 e. The number of unbranched alkanes of at least 4 members (excludes halogenated alkanes) is 2. The van der Waals surface area contributed by atoms with E-state index in [0.29, 0.717) is 12.8 Å². The first-order valence-electron chi connectivity index (χ1n) is 7.83. The largest absolute Gasteiger partial charge is 0.478 e. The molecule has 24 heavy (non-hydrogen) atoms. The number of rotatable bonds is 12. The van der Waals surface area contributed by atoms with E-state index in [4.69, 9.17) is 19.7 Å². The van der Waals surface area contributed by atoms with Gasteiger partial charge in [-0.3, -0.25) is 9.59 Å². The molecular weight excluding hydrogens is 320 g/mol. The average Bonchev–Trinajstić information content (AvgIpc) is 2.50. The van der Waals surface area contributed by atoms with Crippen LogP contribution >= 0.6 is 0 Å². The Morgan fingerprint density at radius 2 is 1.04 bits per heavy atom. The standard InChI is InChI=1S/C16H24O8/c1-3-5-7-23-13(17)9-11(15(19)20)12(16(21)22)10-14(18)24-8-6-4-2/h3-10H2,1-2H3,(H,19,20)(H,21,22). The zero-order chi connectivity index (χ0) is 18.5. The smallest absolute Gasteiger partial charge is 0.332 e. The minimum atomic E-state index is -1.58. The molecule has 0 aliphatic heterocycles. The number of hydrogen-bond donors (Lipinski definition) is 2. The molecule has 2 N–H and O–H groups in total. The van der Waals surface area contributed by atoms with E-state index < -0.39 is 47.9 Å². The van der Waals surface area contributed by atoms with Crippen molar-refractivity contribution in [2.75, 3.05) is 13.2 Å². The Morgan fingerprint density at radius 1 is 0.708 bits per heavy atom. The normalized spacial score (nSPS) is 11.4. The van der Waals surface area contributed by atoms with Crippen molar-refractivity contribution in [2.45, 2.75) is 52.4 Å². The van der Waals surface area contributed by atoms with Crippen molar-refractivity contribution in [3.05, 3.63) is 11.1 Å². The summed E-state index contributed by atoms with van der Waals surface area (Å²) in [6, 6.07) is 0. The number of carbonyl (C=O) groups excluding carboxylic acids is 2. The Bertz CT molecular complexity index is 448. The highest BCUT2D eigenvalue weighted by atomic mass is 16.5. The summed E-state index contributed by atoms with van der Waals surface area (Å²) in [4.78, 5) is 45.8. The van der Waals surface area contributed by atoms with Crippen LogP contribution in [0.5, 0.6) is 0 Å². The second-order valence-electron chi connectivity index (χ2n) is 5.07. The molecule has 0 unspecified atom stereocenters. The number of esters is 2. The molecule has 136 valence electrons. The van der Waals surface area contributed by atoms with E-state index in [2.05, 4.69) is 0 Å². The van der Waals surface area contributed by atoms with Crippen molar-refractivity contribution in [3.8, 4) is 0 Å². The van der Waals surface area contributed by atoms with E-state index >= 15 is 0 Å². The van der Waals surface area contributed by atoms with Gasteiger partial charge in [0.25, 0.3) is 0 Å². The summed E-state index contributed by atoms with van der Waals surface area (Å²) < 4.78 is 9.66. The summed E-state index contributed by atoms with van der Waals surface area (Å²) in [6.07, 6.45) is 1.38. The van der Waals surface area contributed by atoms with Crippen LogP contribution in [0, 0.1) is 0 Å². The molecule has 0 saturated heterocycles. The summed E-state index contributed by atoms with van der Waals surface area (Å²) >= 11 is 0. The van der Waals surface area contributed by atoms with Crippen molar-refractivity contribution >= 4 is 23.9 Å². The molecule has 0 fully saturated rings. The SMILES string of the molecule is CCCCOC(=O)CC(C(=O)O)=C(CC(=O)OCCCC)C(=O)O. The maximum atomic E-state index is 11.6. The second-order valence-corrected chi connectivity index (χ2v) is 5.07. The zero-order valence-electron chi connectivity index (χ0n) is 14.0. The van der Waals surface area contributed by atoms with Gasteiger partial charge in [-0.2, -0.15) is 0 Å². The second kappa shape index (κ2) is 12.1. The van der Waals surface area contributed by atoms with Crippen LogP contribution < -0.4 is 0 Å². The highest BCUT2D eigenvalue weighted by Gasteiger charge is 2.25. The van der Waals surface area contributed by atoms with Gasteiger partial charge in [0.05, 0.1) is 37.2 Å². The van der Waals surface area contributed by atoms with Crippen LogP contribution in [0.25, 0.3) is 0 Å². The molecule has 0 aliphatic rings. The maximum absolute atomic E-state index is 11.6. The van der Waals surface area contributed by atoms with Gasteiger partial charge in [-0.1, -0.05) is 26.7 Å². The van der Waals surface area contributed by atoms with Gasteiger partial charge in [-0.05, 0) is 12.8 Å². The van der Waals surface area contributed by atoms with Crippen LogP contribution in [0.1, 0.15) is 52.4 Å². The van der Waals surface area contributed by atoms with E-state index in [1.165, 1.54) is 0 Å². The van der Waals surface area contributed by atoms with Crippen LogP contribution in [0.2, 0.25) is 0 Å². The van der Waals surface area contributed by atoms with Gasteiger partial charge in [0.1, 0.15) is 0 Å². The summed E-state index contributed by atoms with van der Waals surface area (Å²) in [6.45, 7) is 4.04. The van der Waals surface area contributed by atoms with Gasteiger partial charge in [0, 0.05) is 0 Å². The van der Waals surface area contributed by atoms with Crippen LogP contribution in [0.4, 0.5) is 0 Å². The summed E-state index contributed by atoms with van der Waals surface area (Å²) in [5, 5.41) is 18.3. The molecular formula is C16H24O8. The van der Waals surface area contributed by atoms with E-state index in [1.807, 2.05) is 13.8 Å². The highest BCUT2D eigenvalue weighted by Crippen LogP contribution is 2.16. The summed E-state index contributed by atoms with van der Waals surface area (Å²) in [5.41, 5.74) is -1.34. The van der Waals surface area contributed by atoms with Crippen LogP contribution in [-0.4, -0.2) is 47.3 Å². The van der Waals surface area contributed by atoms with E-state index in [1.54, 1.807) is 0 Å². The molecule has 0 radical (unpaired) electrons. The fourth-order valence-electron chi connectivity index (χ4n) is 1.67. The number of ether oxygens (including phenoxy) is 2. The topological polar surface area (TPSA) is 127 Å². The molecule has 0 amide bonds. The number of carbonyl (C=O) groups is 4. The Kier molecular flexibility index (Phi) is 10.9. The minimum absolute atomic E-state index is 0.129. The molecule has 8 heteroatoms. The highest BCUT2D eigenvalue weighted by molar-refractivity contribution is 6.04. The molecule has 0 spiro atoms. The molecule has 0 heterocycles. The van der Waals surface area contributed by atoms with Gasteiger partial charge < -0.3 is 19.7 Å². The fraction of sp³-hybridized carbons (Fsp3) is 0.625. The minimum Gasteiger partial charge on any atom is -0.478 e. The van der Waals surface area contributed by atoms with Crippen molar-refractivity contribution in [1.82, 2.24) is 0 Å². The van der Waals surface area contributed by atoms with E-state index in [-0.39, 0.29) is 13.2 Å². The summed E-state index contributed by atoms with van der Waals surface area (Å²) in [7, 11) is 0. The number of aliphatic carboxylic acids is 2. The Morgan fingerprint density at radius 3 is 1.29 bits per heavy atom. The molecule has 0 aromatic carbocycles. The van der Waals surface area contributed by atoms with Gasteiger partial charge >= 0.3 is 23.9 Å². The predicted molar refractivity (Wildman–Crippen MR) is 83.3 cm³/mol. The van der Waals surface area contributed by atoms with Crippen molar-refractivity contribution in [2.24, 2.45) is 0 Å². The number of hydrogen-bond acceptors (Lipinski definition) is 6. The lowest BCUT2D eigenvalue weighted by molar-refractivity contribution is -0.146. The first-order valence-corrected chi connectivity index (χ1v) is 7.83. The molecule has 0 aromatic rings. The van der Waals surface area contributed by atoms with Crippen LogP contribution in [0.3, 0.4) is 0 Å². The first kappa shape index (κ1) is 21.6. The number of carboxylic acid groups (broad SMARTS) is 2. The van der Waals surface area contributed by atoms with E-state index in [9.17, 15) is 19.2 Å². The van der Waals surface area contributed by atoms with Gasteiger partial charge in [-0.15, -0.1) is 0 Å². The third-order valence-corrected chi connectivity index (χ3v) is 3.04. The quantitative estimate of drug-likeness (QED) is 0.312. The molecule has 0 bridgehead atoms. The van der Waals surface area contributed by atoms with Gasteiger partial charge in [0.15, 0.2) is 0 Å². The third-order valence-electron chi connectivity index (χ3n) is 3.04. The molecule has 0 aromatic heterocycles. The molecule has 0 rings (SSSR count). The van der Waals surface area contributed by atoms with Gasteiger partial charge in [0.2, 0.25) is 0 Å². The van der Waals surface area contributed by atoms with Crippen molar-refractivity contribution in [1.29, 1.82) is 0 Å². The lowest BCUT2D eigenvalue weighted by atomic mass is 10.0. The lowest BCUT2D eigenvalue weighted by Gasteiger charge is -2.09. The Balaban J connectivity index is 5.08. The number of carboxylic acids is 2. The Labute approximate surface area is 140 Å². The molecule has 0 atom stereocenters. The zero-order valence-corrected chi connectivity index (χ0v) is 14.0. The van der Waals surface area contributed by atoms with Crippen molar-refractivity contribution in [3.63, 3.8) is 0 Å².